The molecule has 0 saturated heterocycles. The molecular formula is C22H15ClN4OS. The van der Waals surface area contributed by atoms with E-state index in [2.05, 4.69) is 45.0 Å². The second-order valence-electron chi connectivity index (χ2n) is 6.95. The highest BCUT2D eigenvalue weighted by Gasteiger charge is 2.41. The minimum Gasteiger partial charge on any atom is -0.480 e. The third-order valence-electron chi connectivity index (χ3n) is 5.29. The molecule has 0 bridgehead atoms. The smallest absolute Gasteiger partial charge is 0.226 e. The lowest BCUT2D eigenvalue weighted by Gasteiger charge is -2.38. The van der Waals surface area contributed by atoms with Gasteiger partial charge in [0.15, 0.2) is 0 Å². The number of hydrogen-bond donors (Lipinski definition) is 1. The molecule has 0 radical (unpaired) electrons. The van der Waals surface area contributed by atoms with Gasteiger partial charge in [0.25, 0.3) is 0 Å². The van der Waals surface area contributed by atoms with Crippen LogP contribution in [0.3, 0.4) is 0 Å². The monoisotopic (exact) mass is 418 g/mol. The van der Waals surface area contributed by atoms with Crippen molar-refractivity contribution in [1.29, 1.82) is 0 Å². The van der Waals surface area contributed by atoms with Crippen molar-refractivity contribution in [2.24, 2.45) is 0 Å². The summed E-state index contributed by atoms with van der Waals surface area (Å²) in [7, 11) is 0. The van der Waals surface area contributed by atoms with Crippen molar-refractivity contribution in [3.63, 3.8) is 0 Å². The molecule has 0 saturated carbocycles. The molecule has 6 rings (SSSR count). The number of aromatic nitrogens is 3. The fraction of sp³-hybridized carbons (Fsp3) is 0.0909. The molecule has 2 aliphatic rings. The molecule has 1 N–H and O–H groups in total. The minimum atomic E-state index is -0.253. The van der Waals surface area contributed by atoms with Gasteiger partial charge in [-0.25, -0.2) is 4.68 Å². The summed E-state index contributed by atoms with van der Waals surface area (Å²) >= 11 is 8.04. The summed E-state index contributed by atoms with van der Waals surface area (Å²) in [5, 5.41) is 10.8. The SMILES string of the molecule is Clc1ccc2c(c1)C1=C([C@@H](c3ccccc3)O2)[C@@H](c2cccs2)n2ncnc2N1. The number of rotatable bonds is 2. The second-order valence-corrected chi connectivity index (χ2v) is 8.37. The first-order valence-corrected chi connectivity index (χ1v) is 10.5. The predicted octanol–water partition coefficient (Wildman–Crippen LogP) is 5.55. The Balaban J connectivity index is 1.65. The molecule has 2 aromatic carbocycles. The van der Waals surface area contributed by atoms with Gasteiger partial charge in [-0.3, -0.25) is 0 Å². The molecule has 0 amide bonds. The van der Waals surface area contributed by atoms with Crippen LogP contribution >= 0.6 is 22.9 Å². The zero-order chi connectivity index (χ0) is 19.4. The van der Waals surface area contributed by atoms with Crippen LogP contribution in [0.2, 0.25) is 5.02 Å². The van der Waals surface area contributed by atoms with Crippen molar-refractivity contribution >= 4 is 34.6 Å². The van der Waals surface area contributed by atoms with Crippen LogP contribution in [-0.4, -0.2) is 14.8 Å². The van der Waals surface area contributed by atoms with Gasteiger partial charge in [-0.05, 0) is 35.2 Å². The van der Waals surface area contributed by atoms with E-state index in [1.54, 1.807) is 17.7 Å². The van der Waals surface area contributed by atoms with Crippen molar-refractivity contribution in [3.8, 4) is 5.75 Å². The van der Waals surface area contributed by atoms with Gasteiger partial charge in [-0.15, -0.1) is 11.3 Å². The van der Waals surface area contributed by atoms with Crippen molar-refractivity contribution in [2.75, 3.05) is 5.32 Å². The molecule has 2 aromatic heterocycles. The summed E-state index contributed by atoms with van der Waals surface area (Å²) in [6.45, 7) is 0. The van der Waals surface area contributed by atoms with Crippen molar-refractivity contribution in [2.45, 2.75) is 12.1 Å². The summed E-state index contributed by atoms with van der Waals surface area (Å²) in [4.78, 5) is 5.62. The number of fused-ring (bicyclic) bond motifs is 3. The van der Waals surface area contributed by atoms with Crippen molar-refractivity contribution in [1.82, 2.24) is 14.8 Å². The molecule has 0 unspecified atom stereocenters. The number of anilines is 1. The van der Waals surface area contributed by atoms with Crippen molar-refractivity contribution < 1.29 is 4.74 Å². The van der Waals surface area contributed by atoms with Crippen LogP contribution in [0, 0.1) is 0 Å². The largest absolute Gasteiger partial charge is 0.480 e. The fourth-order valence-electron chi connectivity index (χ4n) is 4.07. The quantitative estimate of drug-likeness (QED) is 0.463. The third kappa shape index (κ3) is 2.60. The lowest BCUT2D eigenvalue weighted by Crippen LogP contribution is -2.32. The maximum atomic E-state index is 6.55. The first kappa shape index (κ1) is 16.8. The van der Waals surface area contributed by atoms with Crippen LogP contribution in [0.5, 0.6) is 5.75 Å². The van der Waals surface area contributed by atoms with Crippen LogP contribution < -0.4 is 10.1 Å². The molecule has 29 heavy (non-hydrogen) atoms. The molecule has 4 heterocycles. The van der Waals surface area contributed by atoms with Gasteiger partial charge in [-0.2, -0.15) is 10.1 Å². The van der Waals surface area contributed by atoms with Crippen LogP contribution in [0.15, 0.2) is 77.9 Å². The molecule has 2 aliphatic heterocycles. The average molecular weight is 419 g/mol. The van der Waals surface area contributed by atoms with Crippen molar-refractivity contribution in [3.05, 3.63) is 99.0 Å². The Morgan fingerprint density at radius 1 is 1.07 bits per heavy atom. The molecular weight excluding hydrogens is 404 g/mol. The van der Waals surface area contributed by atoms with Gasteiger partial charge < -0.3 is 10.1 Å². The summed E-state index contributed by atoms with van der Waals surface area (Å²) in [5.74, 6) is 1.51. The van der Waals surface area contributed by atoms with E-state index in [4.69, 9.17) is 16.3 Å². The van der Waals surface area contributed by atoms with E-state index in [0.717, 1.165) is 28.1 Å². The number of benzene rings is 2. The summed E-state index contributed by atoms with van der Waals surface area (Å²) in [6.07, 6.45) is 1.33. The summed E-state index contributed by atoms with van der Waals surface area (Å²) in [5.41, 5.74) is 4.12. The Hall–Kier alpha value is -3.09. The summed E-state index contributed by atoms with van der Waals surface area (Å²) < 4.78 is 8.48. The molecule has 142 valence electrons. The third-order valence-corrected chi connectivity index (χ3v) is 6.45. The molecule has 0 aliphatic carbocycles. The van der Waals surface area contributed by atoms with E-state index >= 15 is 0 Å². The average Bonchev–Trinajstić information content (AvgIpc) is 3.44. The lowest BCUT2D eigenvalue weighted by molar-refractivity contribution is 0.223. The molecule has 2 atom stereocenters. The molecule has 0 fully saturated rings. The molecule has 0 spiro atoms. The normalized spacial score (nSPS) is 19.6. The lowest BCUT2D eigenvalue weighted by atomic mass is 9.87. The molecule has 7 heteroatoms. The van der Waals surface area contributed by atoms with Gasteiger partial charge in [-0.1, -0.05) is 48.0 Å². The number of ether oxygens (including phenoxy) is 1. The Kier molecular flexibility index (Phi) is 3.76. The Bertz CT molecular complexity index is 1230. The zero-order valence-corrected chi connectivity index (χ0v) is 16.7. The number of nitrogens with zero attached hydrogens (tertiary/aromatic N) is 3. The Morgan fingerprint density at radius 2 is 1.97 bits per heavy atom. The van der Waals surface area contributed by atoms with Crippen LogP contribution in [0.4, 0.5) is 5.95 Å². The van der Waals surface area contributed by atoms with Gasteiger partial charge in [0.1, 0.15) is 24.2 Å². The van der Waals surface area contributed by atoms with Crippen LogP contribution in [-0.2, 0) is 0 Å². The van der Waals surface area contributed by atoms with E-state index in [-0.39, 0.29) is 12.1 Å². The maximum absolute atomic E-state index is 6.55. The highest BCUT2D eigenvalue weighted by atomic mass is 35.5. The first-order chi connectivity index (χ1) is 14.3. The van der Waals surface area contributed by atoms with Crippen LogP contribution in [0.25, 0.3) is 5.70 Å². The Morgan fingerprint density at radius 3 is 2.79 bits per heavy atom. The fourth-order valence-corrected chi connectivity index (χ4v) is 5.06. The van der Waals surface area contributed by atoms with E-state index in [1.165, 1.54) is 4.88 Å². The van der Waals surface area contributed by atoms with E-state index in [1.807, 2.05) is 41.1 Å². The second kappa shape index (κ2) is 6.47. The van der Waals surface area contributed by atoms with E-state index in [0.29, 0.717) is 11.0 Å². The van der Waals surface area contributed by atoms with Gasteiger partial charge >= 0.3 is 0 Å². The highest BCUT2D eigenvalue weighted by Crippen LogP contribution is 2.51. The standard InChI is InChI=1S/C22H15ClN4OS/c23-14-8-9-16-15(11-14)19-18(21(28-16)13-5-2-1-3-6-13)20(17-7-4-10-29-17)27-22(26-19)24-12-25-27/h1-12,20-21H,(H,24,25,26)/t20-,21-/m1/s1. The zero-order valence-electron chi connectivity index (χ0n) is 15.1. The number of hydrogen-bond acceptors (Lipinski definition) is 5. The van der Waals surface area contributed by atoms with E-state index in [9.17, 15) is 0 Å². The van der Waals surface area contributed by atoms with E-state index < -0.39 is 0 Å². The minimum absolute atomic E-state index is 0.110. The van der Waals surface area contributed by atoms with Crippen LogP contribution in [0.1, 0.15) is 28.1 Å². The van der Waals surface area contributed by atoms with Gasteiger partial charge in [0.2, 0.25) is 5.95 Å². The van der Waals surface area contributed by atoms with Gasteiger partial charge in [0.05, 0.1) is 5.70 Å². The highest BCUT2D eigenvalue weighted by molar-refractivity contribution is 7.10. The topological polar surface area (TPSA) is 52.0 Å². The number of halogens is 1. The number of nitrogens with one attached hydrogen (secondary N) is 1. The Labute approximate surface area is 176 Å². The first-order valence-electron chi connectivity index (χ1n) is 9.25. The molecule has 5 nitrogen and oxygen atoms in total. The van der Waals surface area contributed by atoms with Gasteiger partial charge in [0, 0.05) is 21.0 Å². The maximum Gasteiger partial charge on any atom is 0.226 e. The molecule has 4 aromatic rings. The number of thiophene rings is 1. The summed E-state index contributed by atoms with van der Waals surface area (Å²) in [6, 6.07) is 20.1. The predicted molar refractivity (Wildman–Crippen MR) is 114 cm³/mol.